The van der Waals surface area contributed by atoms with E-state index in [1.807, 2.05) is 47.4 Å². The number of halogens is 1. The number of fused-ring (bicyclic) bond motifs is 1. The highest BCUT2D eigenvalue weighted by molar-refractivity contribution is 6.32. The number of rotatable bonds is 6. The summed E-state index contributed by atoms with van der Waals surface area (Å²) in [6.07, 6.45) is 5.41. The van der Waals surface area contributed by atoms with Crippen LogP contribution in [-0.4, -0.2) is 20.8 Å². The van der Waals surface area contributed by atoms with Gasteiger partial charge >= 0.3 is 0 Å². The van der Waals surface area contributed by atoms with Crippen LogP contribution in [0.15, 0.2) is 67.0 Å². The van der Waals surface area contributed by atoms with E-state index in [-0.39, 0.29) is 6.04 Å². The fraction of sp³-hybridized carbons (Fsp3) is 0.174. The molecular weight excluding hydrogens is 382 g/mol. The molecule has 0 aliphatic rings. The van der Waals surface area contributed by atoms with Crippen LogP contribution in [0.5, 0.6) is 0 Å². The van der Waals surface area contributed by atoms with Crippen molar-refractivity contribution in [2.75, 3.05) is 0 Å². The van der Waals surface area contributed by atoms with Crippen molar-refractivity contribution in [3.05, 3.63) is 83.3 Å². The van der Waals surface area contributed by atoms with Crippen molar-refractivity contribution in [1.82, 2.24) is 14.8 Å². The molecule has 5 nitrogen and oxygen atoms in total. The van der Waals surface area contributed by atoms with Crippen molar-refractivity contribution >= 4 is 22.4 Å². The van der Waals surface area contributed by atoms with Crippen molar-refractivity contribution < 1.29 is 0 Å². The van der Waals surface area contributed by atoms with Crippen molar-refractivity contribution in [3.8, 4) is 17.3 Å². The first kappa shape index (κ1) is 19.1. The minimum atomic E-state index is -0.0342. The van der Waals surface area contributed by atoms with Gasteiger partial charge in [-0.05, 0) is 42.5 Å². The predicted octanol–water partition coefficient (Wildman–Crippen LogP) is 4.58. The molecule has 0 saturated carbocycles. The zero-order valence-corrected chi connectivity index (χ0v) is 16.5. The van der Waals surface area contributed by atoms with Crippen molar-refractivity contribution in [2.45, 2.75) is 25.4 Å². The molecule has 2 heterocycles. The largest absolute Gasteiger partial charge is 0.326 e. The molecule has 0 bridgehead atoms. The zero-order chi connectivity index (χ0) is 20.2. The number of hydrogen-bond donors (Lipinski definition) is 1. The monoisotopic (exact) mass is 401 g/mol. The van der Waals surface area contributed by atoms with Gasteiger partial charge in [-0.15, -0.1) is 0 Å². The van der Waals surface area contributed by atoms with Crippen LogP contribution in [0.25, 0.3) is 22.0 Å². The Morgan fingerprint density at radius 3 is 2.83 bits per heavy atom. The quantitative estimate of drug-likeness (QED) is 0.512. The second-order valence-corrected chi connectivity index (χ2v) is 7.41. The van der Waals surface area contributed by atoms with Gasteiger partial charge in [-0.25, -0.2) is 0 Å². The maximum Gasteiger partial charge on any atom is 0.101 e. The molecule has 144 valence electrons. The molecule has 0 aliphatic heterocycles. The molecule has 0 spiro atoms. The van der Waals surface area contributed by atoms with E-state index in [4.69, 9.17) is 22.6 Å². The zero-order valence-electron chi connectivity index (χ0n) is 15.8. The molecule has 0 fully saturated rings. The van der Waals surface area contributed by atoms with Crippen LogP contribution in [-0.2, 0) is 13.0 Å². The van der Waals surface area contributed by atoms with Gasteiger partial charge in [0.1, 0.15) is 6.07 Å². The summed E-state index contributed by atoms with van der Waals surface area (Å²) in [5.74, 6) is 0. The molecule has 2 aromatic carbocycles. The van der Waals surface area contributed by atoms with Gasteiger partial charge in [0.25, 0.3) is 0 Å². The maximum atomic E-state index is 9.00. The van der Waals surface area contributed by atoms with E-state index in [9.17, 15) is 0 Å². The third-order valence-corrected chi connectivity index (χ3v) is 5.27. The number of aromatic nitrogens is 3. The van der Waals surface area contributed by atoms with Gasteiger partial charge in [-0.1, -0.05) is 41.9 Å². The van der Waals surface area contributed by atoms with Crippen molar-refractivity contribution in [1.29, 1.82) is 5.26 Å². The minimum absolute atomic E-state index is 0.0342. The third-order valence-electron chi connectivity index (χ3n) is 4.96. The molecule has 0 radical (unpaired) electrons. The Hall–Kier alpha value is -3.20. The summed E-state index contributed by atoms with van der Waals surface area (Å²) in [5, 5.41) is 16.4. The first-order valence-corrected chi connectivity index (χ1v) is 9.83. The summed E-state index contributed by atoms with van der Waals surface area (Å²) in [6, 6.07) is 19.6. The molecule has 4 rings (SSSR count). The fourth-order valence-electron chi connectivity index (χ4n) is 3.42. The molecule has 2 N–H and O–H groups in total. The topological polar surface area (TPSA) is 80.5 Å². The van der Waals surface area contributed by atoms with E-state index in [0.29, 0.717) is 17.1 Å². The molecule has 0 amide bonds. The van der Waals surface area contributed by atoms with Gasteiger partial charge in [0.2, 0.25) is 0 Å². The molecule has 0 saturated heterocycles. The highest BCUT2D eigenvalue weighted by atomic mass is 35.5. The van der Waals surface area contributed by atoms with Crippen LogP contribution < -0.4 is 5.73 Å². The number of nitrogens with two attached hydrogens (primary N) is 1. The molecular formula is C23H20ClN5. The Kier molecular flexibility index (Phi) is 5.57. The molecule has 0 aliphatic carbocycles. The van der Waals surface area contributed by atoms with Crippen LogP contribution in [0, 0.1) is 11.3 Å². The average Bonchev–Trinajstić information content (AvgIpc) is 3.20. The molecule has 6 heteroatoms. The standard InChI is InChI=1S/C23H20ClN5/c24-21-13-17(5-6-18(21)14-25)22-10-12-29(28-22)15-19(26)7-8-23-20-4-2-1-3-16(20)9-11-27-23/h1-6,9-13,19H,7-8,15,26H2/t19-/m1/s1. The molecule has 1 atom stereocenters. The molecule has 4 aromatic rings. The number of pyridine rings is 1. The lowest BCUT2D eigenvalue weighted by Crippen LogP contribution is -2.27. The first-order valence-electron chi connectivity index (χ1n) is 9.46. The summed E-state index contributed by atoms with van der Waals surface area (Å²) >= 11 is 6.13. The predicted molar refractivity (Wildman–Crippen MR) is 115 cm³/mol. The van der Waals surface area contributed by atoms with Gasteiger partial charge in [-0.2, -0.15) is 10.4 Å². The van der Waals surface area contributed by atoms with Gasteiger partial charge in [-0.3, -0.25) is 9.67 Å². The van der Waals surface area contributed by atoms with E-state index >= 15 is 0 Å². The Balaban J connectivity index is 1.41. The van der Waals surface area contributed by atoms with Gasteiger partial charge < -0.3 is 5.73 Å². The number of benzene rings is 2. The summed E-state index contributed by atoms with van der Waals surface area (Å²) < 4.78 is 1.85. The highest BCUT2D eigenvalue weighted by Crippen LogP contribution is 2.24. The van der Waals surface area contributed by atoms with Gasteiger partial charge in [0.05, 0.1) is 22.8 Å². The second kappa shape index (κ2) is 8.44. The van der Waals surface area contributed by atoms with Crippen LogP contribution >= 0.6 is 11.6 Å². The SMILES string of the molecule is N#Cc1ccc(-c2ccn(C[C@H](N)CCc3nccc4ccccc34)n2)cc1Cl. The van der Waals surface area contributed by atoms with E-state index < -0.39 is 0 Å². The fourth-order valence-corrected chi connectivity index (χ4v) is 3.64. The van der Waals surface area contributed by atoms with E-state index in [2.05, 4.69) is 28.3 Å². The number of hydrogen-bond acceptors (Lipinski definition) is 4. The minimum Gasteiger partial charge on any atom is -0.326 e. The summed E-state index contributed by atoms with van der Waals surface area (Å²) in [6.45, 7) is 0.620. The van der Waals surface area contributed by atoms with Crippen molar-refractivity contribution in [2.24, 2.45) is 5.73 Å². The average molecular weight is 402 g/mol. The van der Waals surface area contributed by atoms with E-state index in [0.717, 1.165) is 29.8 Å². The number of nitrogens with zero attached hydrogens (tertiary/aromatic N) is 4. The lowest BCUT2D eigenvalue weighted by Gasteiger charge is -2.12. The van der Waals surface area contributed by atoms with Gasteiger partial charge in [0.15, 0.2) is 0 Å². The second-order valence-electron chi connectivity index (χ2n) is 7.01. The summed E-state index contributed by atoms with van der Waals surface area (Å²) in [4.78, 5) is 4.54. The molecule has 29 heavy (non-hydrogen) atoms. The first-order chi connectivity index (χ1) is 14.1. The lowest BCUT2D eigenvalue weighted by atomic mass is 10.0. The van der Waals surface area contributed by atoms with E-state index in [1.54, 1.807) is 12.1 Å². The maximum absolute atomic E-state index is 9.00. The van der Waals surface area contributed by atoms with Gasteiger partial charge in [0, 0.05) is 35.1 Å². The highest BCUT2D eigenvalue weighted by Gasteiger charge is 2.10. The Morgan fingerprint density at radius 2 is 2.00 bits per heavy atom. The van der Waals surface area contributed by atoms with Crippen molar-refractivity contribution in [3.63, 3.8) is 0 Å². The number of aryl methyl sites for hydroxylation is 1. The number of nitriles is 1. The lowest BCUT2D eigenvalue weighted by molar-refractivity contribution is 0.485. The summed E-state index contributed by atoms with van der Waals surface area (Å²) in [7, 11) is 0. The van der Waals surface area contributed by atoms with Crippen LogP contribution in [0.3, 0.4) is 0 Å². The smallest absolute Gasteiger partial charge is 0.101 e. The third kappa shape index (κ3) is 4.29. The Morgan fingerprint density at radius 1 is 1.14 bits per heavy atom. The summed E-state index contributed by atoms with van der Waals surface area (Å²) in [5.41, 5.74) is 9.58. The normalized spacial score (nSPS) is 12.0. The Bertz CT molecular complexity index is 1190. The van der Waals surface area contributed by atoms with E-state index in [1.165, 1.54) is 10.8 Å². The molecule has 2 aromatic heterocycles. The molecule has 0 unspecified atom stereocenters. The van der Waals surface area contributed by atoms with Crippen LogP contribution in [0.1, 0.15) is 17.7 Å². The van der Waals surface area contributed by atoms with Crippen LogP contribution in [0.4, 0.5) is 0 Å². The Labute approximate surface area is 174 Å². The van der Waals surface area contributed by atoms with Crippen LogP contribution in [0.2, 0.25) is 5.02 Å².